The molecule has 27 heavy (non-hydrogen) atoms. The Morgan fingerprint density at radius 1 is 1.22 bits per heavy atom. The van der Waals surface area contributed by atoms with Crippen LogP contribution in [0.2, 0.25) is 0 Å². The van der Waals surface area contributed by atoms with Gasteiger partial charge in [-0.1, -0.05) is 25.5 Å². The standard InChI is InChI=1S/C19H22N6O2/c1-2-3-11-27-17-8-6-15(7-9-17)12-21-18(26)14-25-23-19(22-24-25)16-5-4-10-20-13-16/h4-10,13H,2-3,11-12,14H2,1H3,(H,21,26). The molecule has 0 radical (unpaired) electrons. The zero-order chi connectivity index (χ0) is 18.9. The van der Waals surface area contributed by atoms with Gasteiger partial charge in [0.2, 0.25) is 11.7 Å². The van der Waals surface area contributed by atoms with Crippen molar-refractivity contribution < 1.29 is 9.53 Å². The highest BCUT2D eigenvalue weighted by Crippen LogP contribution is 2.13. The number of pyridine rings is 1. The Bertz CT molecular complexity index is 848. The lowest BCUT2D eigenvalue weighted by atomic mass is 10.2. The van der Waals surface area contributed by atoms with E-state index in [1.807, 2.05) is 30.3 Å². The van der Waals surface area contributed by atoms with Crippen LogP contribution in [-0.2, 0) is 17.9 Å². The Hall–Kier alpha value is -3.29. The van der Waals surface area contributed by atoms with Gasteiger partial charge in [0.15, 0.2) is 0 Å². The largest absolute Gasteiger partial charge is 0.494 e. The van der Waals surface area contributed by atoms with Gasteiger partial charge in [0, 0.05) is 24.5 Å². The Morgan fingerprint density at radius 3 is 2.81 bits per heavy atom. The van der Waals surface area contributed by atoms with Gasteiger partial charge in [0.25, 0.3) is 0 Å². The number of aromatic nitrogens is 5. The number of carbonyl (C=O) groups is 1. The van der Waals surface area contributed by atoms with Crippen LogP contribution in [-0.4, -0.2) is 37.7 Å². The summed E-state index contributed by atoms with van der Waals surface area (Å²) in [6, 6.07) is 11.3. The lowest BCUT2D eigenvalue weighted by Crippen LogP contribution is -2.28. The predicted molar refractivity (Wildman–Crippen MR) is 99.7 cm³/mol. The summed E-state index contributed by atoms with van der Waals surface area (Å²) in [5, 5.41) is 14.9. The maximum atomic E-state index is 12.1. The smallest absolute Gasteiger partial charge is 0.243 e. The Morgan fingerprint density at radius 2 is 2.07 bits per heavy atom. The summed E-state index contributed by atoms with van der Waals surface area (Å²) in [5.74, 6) is 1.09. The normalized spacial score (nSPS) is 10.6. The Labute approximate surface area is 157 Å². The van der Waals surface area contributed by atoms with Crippen LogP contribution in [0.5, 0.6) is 5.75 Å². The molecule has 0 saturated heterocycles. The van der Waals surface area contributed by atoms with Gasteiger partial charge in [-0.2, -0.15) is 4.80 Å². The molecule has 0 unspecified atom stereocenters. The molecular weight excluding hydrogens is 344 g/mol. The van der Waals surface area contributed by atoms with Crippen LogP contribution >= 0.6 is 0 Å². The Kier molecular flexibility index (Phi) is 6.45. The number of rotatable bonds is 9. The average molecular weight is 366 g/mol. The van der Waals surface area contributed by atoms with E-state index in [0.717, 1.165) is 36.3 Å². The lowest BCUT2D eigenvalue weighted by molar-refractivity contribution is -0.122. The van der Waals surface area contributed by atoms with Gasteiger partial charge < -0.3 is 10.1 Å². The van der Waals surface area contributed by atoms with Crippen LogP contribution in [0, 0.1) is 0 Å². The van der Waals surface area contributed by atoms with E-state index in [0.29, 0.717) is 12.4 Å². The van der Waals surface area contributed by atoms with Crippen LogP contribution in [0.25, 0.3) is 11.4 Å². The minimum absolute atomic E-state index is 0.00543. The van der Waals surface area contributed by atoms with Crippen molar-refractivity contribution in [1.29, 1.82) is 0 Å². The number of amides is 1. The summed E-state index contributed by atoms with van der Waals surface area (Å²) in [6.07, 6.45) is 5.47. The van der Waals surface area contributed by atoms with Crippen molar-refractivity contribution in [3.63, 3.8) is 0 Å². The van der Waals surface area contributed by atoms with Gasteiger partial charge >= 0.3 is 0 Å². The molecule has 0 bridgehead atoms. The molecule has 1 N–H and O–H groups in total. The average Bonchev–Trinajstić information content (AvgIpc) is 3.17. The number of ether oxygens (including phenoxy) is 1. The molecule has 8 heteroatoms. The minimum atomic E-state index is -0.187. The molecular formula is C19H22N6O2. The topological polar surface area (TPSA) is 94.8 Å². The maximum Gasteiger partial charge on any atom is 0.243 e. The highest BCUT2D eigenvalue weighted by atomic mass is 16.5. The second kappa shape index (κ2) is 9.42. The van der Waals surface area contributed by atoms with Crippen LogP contribution in [0.3, 0.4) is 0 Å². The third-order valence-corrected chi connectivity index (χ3v) is 3.84. The maximum absolute atomic E-state index is 12.1. The molecule has 0 aliphatic heterocycles. The highest BCUT2D eigenvalue weighted by Gasteiger charge is 2.09. The van der Waals surface area contributed by atoms with Gasteiger partial charge in [-0.05, 0) is 41.5 Å². The van der Waals surface area contributed by atoms with Gasteiger partial charge in [0.05, 0.1) is 6.61 Å². The first kappa shape index (κ1) is 18.5. The van der Waals surface area contributed by atoms with Crippen molar-refractivity contribution in [2.24, 2.45) is 0 Å². The first-order chi connectivity index (χ1) is 13.2. The van der Waals surface area contributed by atoms with Gasteiger partial charge in [0.1, 0.15) is 12.3 Å². The summed E-state index contributed by atoms with van der Waals surface area (Å²) in [4.78, 5) is 17.4. The van der Waals surface area contributed by atoms with E-state index in [1.54, 1.807) is 18.5 Å². The number of hydrogen-bond acceptors (Lipinski definition) is 6. The number of benzene rings is 1. The molecule has 8 nitrogen and oxygen atoms in total. The van der Waals surface area contributed by atoms with E-state index in [1.165, 1.54) is 4.80 Å². The molecule has 0 aliphatic carbocycles. The summed E-state index contributed by atoms with van der Waals surface area (Å²) >= 11 is 0. The van der Waals surface area contributed by atoms with Gasteiger partial charge in [-0.3, -0.25) is 9.78 Å². The van der Waals surface area contributed by atoms with E-state index in [9.17, 15) is 4.79 Å². The van der Waals surface area contributed by atoms with Crippen LogP contribution in [0.1, 0.15) is 25.3 Å². The van der Waals surface area contributed by atoms with Crippen molar-refractivity contribution in [2.75, 3.05) is 6.61 Å². The second-order valence-corrected chi connectivity index (χ2v) is 6.01. The molecule has 2 aromatic heterocycles. The SMILES string of the molecule is CCCCOc1ccc(CNC(=O)Cn2nnc(-c3cccnc3)n2)cc1. The fourth-order valence-corrected chi connectivity index (χ4v) is 2.34. The van der Waals surface area contributed by atoms with Crippen molar-refractivity contribution >= 4 is 5.91 Å². The van der Waals surface area contributed by atoms with Crippen LogP contribution < -0.4 is 10.1 Å². The minimum Gasteiger partial charge on any atom is -0.494 e. The van der Waals surface area contributed by atoms with E-state index < -0.39 is 0 Å². The molecule has 0 saturated carbocycles. The molecule has 0 fully saturated rings. The van der Waals surface area contributed by atoms with E-state index in [2.05, 4.69) is 32.6 Å². The van der Waals surface area contributed by atoms with Crippen LogP contribution in [0.15, 0.2) is 48.8 Å². The van der Waals surface area contributed by atoms with Crippen molar-refractivity contribution in [3.05, 3.63) is 54.4 Å². The summed E-state index contributed by atoms with van der Waals surface area (Å²) in [7, 11) is 0. The summed E-state index contributed by atoms with van der Waals surface area (Å²) in [5.41, 5.74) is 1.75. The van der Waals surface area contributed by atoms with Crippen molar-refractivity contribution in [1.82, 2.24) is 30.5 Å². The second-order valence-electron chi connectivity index (χ2n) is 6.01. The van der Waals surface area contributed by atoms with Gasteiger partial charge in [-0.15, -0.1) is 10.2 Å². The number of nitrogens with one attached hydrogen (secondary N) is 1. The molecule has 0 aliphatic rings. The van der Waals surface area contributed by atoms with Crippen molar-refractivity contribution in [3.8, 4) is 17.1 Å². The third kappa shape index (κ3) is 5.60. The fraction of sp³-hybridized carbons (Fsp3) is 0.316. The number of carbonyl (C=O) groups excluding carboxylic acids is 1. The third-order valence-electron chi connectivity index (χ3n) is 3.84. The number of hydrogen-bond donors (Lipinski definition) is 1. The fourth-order valence-electron chi connectivity index (χ4n) is 2.34. The first-order valence-corrected chi connectivity index (χ1v) is 8.91. The molecule has 0 atom stereocenters. The summed E-state index contributed by atoms with van der Waals surface area (Å²) < 4.78 is 5.63. The molecule has 2 heterocycles. The monoisotopic (exact) mass is 366 g/mol. The van der Waals surface area contributed by atoms with E-state index in [4.69, 9.17) is 4.74 Å². The number of tetrazole rings is 1. The molecule has 1 amide bonds. The highest BCUT2D eigenvalue weighted by molar-refractivity contribution is 5.75. The van der Waals surface area contributed by atoms with E-state index >= 15 is 0 Å². The predicted octanol–water partition coefficient (Wildman–Crippen LogP) is 2.23. The molecule has 3 rings (SSSR count). The zero-order valence-corrected chi connectivity index (χ0v) is 15.2. The van der Waals surface area contributed by atoms with Crippen LogP contribution in [0.4, 0.5) is 0 Å². The number of unbranched alkanes of at least 4 members (excludes halogenated alkanes) is 1. The van der Waals surface area contributed by atoms with E-state index in [-0.39, 0.29) is 12.5 Å². The zero-order valence-electron chi connectivity index (χ0n) is 15.2. The first-order valence-electron chi connectivity index (χ1n) is 8.91. The number of nitrogens with zero attached hydrogens (tertiary/aromatic N) is 5. The van der Waals surface area contributed by atoms with Crippen molar-refractivity contribution in [2.45, 2.75) is 32.9 Å². The molecule has 0 spiro atoms. The lowest BCUT2D eigenvalue weighted by Gasteiger charge is -2.07. The quantitative estimate of drug-likeness (QED) is 0.584. The molecule has 140 valence electrons. The summed E-state index contributed by atoms with van der Waals surface area (Å²) in [6.45, 7) is 3.28. The Balaban J connectivity index is 1.46. The van der Waals surface area contributed by atoms with Gasteiger partial charge in [-0.25, -0.2) is 0 Å². The molecule has 3 aromatic rings. The molecule has 1 aromatic carbocycles.